The minimum Gasteiger partial charge on any atom is -0.489 e. The molecular formula is C22H22N4O4S2. The molecule has 0 saturated heterocycles. The van der Waals surface area contributed by atoms with E-state index in [9.17, 15) is 13.2 Å². The summed E-state index contributed by atoms with van der Waals surface area (Å²) in [7, 11) is -3.63. The van der Waals surface area contributed by atoms with Gasteiger partial charge in [0.1, 0.15) is 17.4 Å². The van der Waals surface area contributed by atoms with Crippen LogP contribution in [-0.2, 0) is 23.1 Å². The van der Waals surface area contributed by atoms with Gasteiger partial charge in [-0.15, -0.1) is 0 Å². The van der Waals surface area contributed by atoms with Crippen molar-refractivity contribution in [2.24, 2.45) is 0 Å². The minimum atomic E-state index is -3.63. The summed E-state index contributed by atoms with van der Waals surface area (Å²) in [6.45, 7) is 2.55. The molecule has 0 aliphatic heterocycles. The highest BCUT2D eigenvalue weighted by atomic mass is 32.2. The van der Waals surface area contributed by atoms with Crippen LogP contribution in [0.2, 0.25) is 0 Å². The Balaban J connectivity index is 1.35. The number of rotatable bonds is 9. The van der Waals surface area contributed by atoms with Crippen LogP contribution in [0.5, 0.6) is 5.75 Å². The van der Waals surface area contributed by atoms with Crippen molar-refractivity contribution in [1.82, 2.24) is 19.9 Å². The number of para-hydroxylation sites is 1. The topological polar surface area (TPSA) is 114 Å². The van der Waals surface area contributed by atoms with Gasteiger partial charge in [0.25, 0.3) is 0 Å². The molecule has 0 saturated carbocycles. The maximum atomic E-state index is 12.5. The minimum absolute atomic E-state index is 0.166. The summed E-state index contributed by atoms with van der Waals surface area (Å²) in [5, 5.41) is 7.90. The van der Waals surface area contributed by atoms with E-state index >= 15 is 0 Å². The van der Waals surface area contributed by atoms with E-state index in [0.717, 1.165) is 33.5 Å². The summed E-state index contributed by atoms with van der Waals surface area (Å²) >= 11 is 1.03. The molecule has 0 atom stereocenters. The number of hydrogen-bond acceptors (Lipinski definition) is 7. The van der Waals surface area contributed by atoms with E-state index in [4.69, 9.17) is 4.74 Å². The van der Waals surface area contributed by atoms with E-state index in [1.807, 2.05) is 37.3 Å². The van der Waals surface area contributed by atoms with E-state index < -0.39 is 10.0 Å². The van der Waals surface area contributed by atoms with Gasteiger partial charge in [0.15, 0.2) is 0 Å². The Labute approximate surface area is 189 Å². The Bertz CT molecular complexity index is 1380. The first-order chi connectivity index (χ1) is 15.4. The Morgan fingerprint density at radius 1 is 1.12 bits per heavy atom. The van der Waals surface area contributed by atoms with Gasteiger partial charge in [0.2, 0.25) is 10.0 Å². The predicted molar refractivity (Wildman–Crippen MR) is 123 cm³/mol. The summed E-state index contributed by atoms with van der Waals surface area (Å²) in [6.07, 6.45) is 1.07. The maximum Gasteiger partial charge on any atom is 0.322 e. The highest BCUT2D eigenvalue weighted by Gasteiger charge is 2.14. The van der Waals surface area contributed by atoms with Crippen molar-refractivity contribution in [3.05, 3.63) is 80.5 Å². The second-order valence-corrected chi connectivity index (χ2v) is 10.0. The highest BCUT2D eigenvalue weighted by Crippen LogP contribution is 2.22. The normalized spacial score (nSPS) is 11.7. The van der Waals surface area contributed by atoms with Gasteiger partial charge in [-0.05, 0) is 49.7 Å². The lowest BCUT2D eigenvalue weighted by atomic mass is 10.1. The number of aryl methyl sites for hydroxylation is 2. The number of aromatic amines is 1. The van der Waals surface area contributed by atoms with Crippen molar-refractivity contribution in [3.8, 4) is 5.75 Å². The molecule has 2 N–H and O–H groups in total. The molecular weight excluding hydrogens is 448 g/mol. The van der Waals surface area contributed by atoms with Crippen molar-refractivity contribution in [2.75, 3.05) is 6.54 Å². The van der Waals surface area contributed by atoms with Gasteiger partial charge in [-0.1, -0.05) is 29.5 Å². The maximum absolute atomic E-state index is 12.5. The molecule has 0 aliphatic rings. The lowest BCUT2D eigenvalue weighted by Crippen LogP contribution is -2.25. The number of H-pyrrole nitrogens is 1. The van der Waals surface area contributed by atoms with Crippen molar-refractivity contribution in [2.45, 2.75) is 31.3 Å². The van der Waals surface area contributed by atoms with Crippen molar-refractivity contribution >= 4 is 32.3 Å². The lowest BCUT2D eigenvalue weighted by Gasteiger charge is -2.11. The second-order valence-electron chi connectivity index (χ2n) is 7.21. The molecule has 2 aromatic carbocycles. The van der Waals surface area contributed by atoms with Crippen LogP contribution in [0.25, 0.3) is 10.9 Å². The number of benzene rings is 2. The molecule has 0 bridgehead atoms. The first-order valence-corrected chi connectivity index (χ1v) is 12.3. The zero-order valence-corrected chi connectivity index (χ0v) is 19.0. The van der Waals surface area contributed by atoms with Crippen molar-refractivity contribution in [1.29, 1.82) is 0 Å². The van der Waals surface area contributed by atoms with Gasteiger partial charge >= 0.3 is 4.87 Å². The Morgan fingerprint density at radius 2 is 1.91 bits per heavy atom. The number of nitrogens with zero attached hydrogens (tertiary/aromatic N) is 2. The van der Waals surface area contributed by atoms with Gasteiger partial charge in [0.05, 0.1) is 10.4 Å². The van der Waals surface area contributed by atoms with Crippen LogP contribution in [0.1, 0.15) is 22.7 Å². The van der Waals surface area contributed by atoms with Gasteiger partial charge in [-0.3, -0.25) is 9.78 Å². The summed E-state index contributed by atoms with van der Waals surface area (Å²) in [4.78, 5) is 15.6. The van der Waals surface area contributed by atoms with Crippen LogP contribution < -0.4 is 14.3 Å². The fourth-order valence-corrected chi connectivity index (χ4v) is 5.00. The van der Waals surface area contributed by atoms with Gasteiger partial charge in [-0.25, -0.2) is 18.2 Å². The molecule has 4 aromatic rings. The fraction of sp³-hybridized carbons (Fsp3) is 0.227. The summed E-state index contributed by atoms with van der Waals surface area (Å²) in [5.74, 6) is 0.580. The molecule has 0 amide bonds. The third-order valence-electron chi connectivity index (χ3n) is 4.80. The number of sulfonamides is 1. The number of aromatic nitrogens is 3. The van der Waals surface area contributed by atoms with Gasteiger partial charge in [0, 0.05) is 29.6 Å². The third-order valence-corrected chi connectivity index (χ3v) is 7.08. The van der Waals surface area contributed by atoms with Crippen molar-refractivity contribution in [3.63, 3.8) is 0 Å². The Morgan fingerprint density at radius 3 is 2.66 bits per heavy atom. The Kier molecular flexibility index (Phi) is 6.63. The van der Waals surface area contributed by atoms with Crippen molar-refractivity contribution < 1.29 is 13.2 Å². The molecule has 0 unspecified atom stereocenters. The van der Waals surface area contributed by atoms with Gasteiger partial charge < -0.3 is 4.74 Å². The molecule has 2 aromatic heterocycles. The zero-order valence-electron chi connectivity index (χ0n) is 17.4. The standard InChI is InChI=1S/C22H22N4O4S2/c1-15-13-16(19-5-2-3-6-20(19)24-15)14-30-17-8-10-18(11-9-17)32(28,29)23-12-4-7-21-25-26-22(27)31-21/h2-3,5-6,8-11,13,23H,4,7,12,14H2,1H3,(H,26,27). The van der Waals surface area contributed by atoms with Crippen LogP contribution in [0.3, 0.4) is 0 Å². The van der Waals surface area contributed by atoms with E-state index in [2.05, 4.69) is 19.9 Å². The summed E-state index contributed by atoms with van der Waals surface area (Å²) < 4.78 is 33.5. The molecule has 0 radical (unpaired) electrons. The van der Waals surface area contributed by atoms with Gasteiger partial charge in [-0.2, -0.15) is 5.10 Å². The average molecular weight is 471 g/mol. The van der Waals surface area contributed by atoms with Crippen LogP contribution in [0.4, 0.5) is 0 Å². The van der Waals surface area contributed by atoms with Crippen LogP contribution in [0, 0.1) is 6.92 Å². The number of hydrogen-bond donors (Lipinski definition) is 2. The average Bonchev–Trinajstić information content (AvgIpc) is 3.20. The zero-order chi connectivity index (χ0) is 22.6. The van der Waals surface area contributed by atoms with Crippen LogP contribution >= 0.6 is 11.3 Å². The number of nitrogens with one attached hydrogen (secondary N) is 2. The monoisotopic (exact) mass is 470 g/mol. The molecule has 4 rings (SSSR count). The molecule has 0 aliphatic carbocycles. The fourth-order valence-electron chi connectivity index (χ4n) is 3.29. The van der Waals surface area contributed by atoms with Crippen LogP contribution in [-0.4, -0.2) is 30.1 Å². The molecule has 32 heavy (non-hydrogen) atoms. The largest absolute Gasteiger partial charge is 0.489 e. The SMILES string of the molecule is Cc1cc(COc2ccc(S(=O)(=O)NCCCc3n[nH]c(=O)s3)cc2)c2ccccc2n1. The lowest BCUT2D eigenvalue weighted by molar-refractivity contribution is 0.307. The van der Waals surface area contributed by atoms with Crippen LogP contribution in [0.15, 0.2) is 64.3 Å². The molecule has 2 heterocycles. The molecule has 0 spiro atoms. The smallest absolute Gasteiger partial charge is 0.322 e. The van der Waals surface area contributed by atoms with E-state index in [-0.39, 0.29) is 16.3 Å². The van der Waals surface area contributed by atoms with E-state index in [1.165, 1.54) is 12.1 Å². The third kappa shape index (κ3) is 5.39. The molecule has 166 valence electrons. The number of ether oxygens (including phenoxy) is 1. The summed E-state index contributed by atoms with van der Waals surface area (Å²) in [5.41, 5.74) is 2.85. The first-order valence-electron chi connectivity index (χ1n) is 10.0. The second kappa shape index (κ2) is 9.60. The predicted octanol–water partition coefficient (Wildman–Crippen LogP) is 3.18. The highest BCUT2D eigenvalue weighted by molar-refractivity contribution is 7.89. The number of fused-ring (bicyclic) bond motifs is 1. The molecule has 8 nitrogen and oxygen atoms in total. The van der Waals surface area contributed by atoms with E-state index in [0.29, 0.717) is 30.2 Å². The van der Waals surface area contributed by atoms with E-state index in [1.54, 1.807) is 12.1 Å². The Hall–Kier alpha value is -3.08. The molecule has 0 fully saturated rings. The summed E-state index contributed by atoms with van der Waals surface area (Å²) in [6, 6.07) is 16.2. The molecule has 10 heteroatoms. The first kappa shape index (κ1) is 22.1. The quantitative estimate of drug-likeness (QED) is 0.363. The number of pyridine rings is 1.